The third-order valence-corrected chi connectivity index (χ3v) is 12.9. The minimum atomic E-state index is -3.77. The SMILES string of the molecule is O=C(Nc1sc2c(c1-c1nc3ccccc3s1)CCN(Cc1ccccc1)C2)c1ccc(S(=O)(=O)N2CCCc3ccccc32)cc1. The lowest BCUT2D eigenvalue weighted by molar-refractivity contribution is 0.102. The molecule has 0 bridgehead atoms. The lowest BCUT2D eigenvalue weighted by atomic mass is 10.0. The first kappa shape index (κ1) is 30.0. The molecule has 0 aliphatic carbocycles. The lowest BCUT2D eigenvalue weighted by Gasteiger charge is -2.30. The van der Waals surface area contributed by atoms with Gasteiger partial charge in [-0.1, -0.05) is 60.7 Å². The van der Waals surface area contributed by atoms with E-state index in [-0.39, 0.29) is 10.8 Å². The van der Waals surface area contributed by atoms with Gasteiger partial charge in [0.05, 0.1) is 20.8 Å². The first-order valence-electron chi connectivity index (χ1n) is 15.7. The Kier molecular flexibility index (Phi) is 7.89. The maximum Gasteiger partial charge on any atom is 0.264 e. The molecule has 10 heteroatoms. The van der Waals surface area contributed by atoms with Crippen molar-refractivity contribution in [1.82, 2.24) is 9.88 Å². The van der Waals surface area contributed by atoms with Gasteiger partial charge in [0.25, 0.3) is 15.9 Å². The van der Waals surface area contributed by atoms with Crippen LogP contribution in [0.3, 0.4) is 0 Å². The molecule has 236 valence electrons. The van der Waals surface area contributed by atoms with Crippen LogP contribution in [-0.4, -0.2) is 37.3 Å². The molecular weight excluding hydrogens is 645 g/mol. The van der Waals surface area contributed by atoms with Crippen LogP contribution < -0.4 is 9.62 Å². The standard InChI is InChI=1S/C37H32N4O3S3/c42-35(27-16-18-28(19-17-27)47(43,44)41-21-8-12-26-11-4-6-14-31(26)41)39-37-34(36-38-30-13-5-7-15-32(30)45-36)29-20-22-40(24-33(29)46-37)23-25-9-2-1-3-10-25/h1-7,9-11,13-19H,8,12,20-24H2,(H,39,42). The number of thiazole rings is 1. The Morgan fingerprint density at radius 2 is 1.60 bits per heavy atom. The number of fused-ring (bicyclic) bond motifs is 3. The molecule has 0 spiro atoms. The molecule has 7 nitrogen and oxygen atoms in total. The molecule has 8 rings (SSSR count). The molecular formula is C37H32N4O3S3. The average Bonchev–Trinajstić information content (AvgIpc) is 3.69. The zero-order chi connectivity index (χ0) is 32.0. The highest BCUT2D eigenvalue weighted by atomic mass is 32.2. The van der Waals surface area contributed by atoms with Gasteiger partial charge in [-0.25, -0.2) is 13.4 Å². The molecule has 2 aliphatic rings. The van der Waals surface area contributed by atoms with Crippen molar-refractivity contribution >= 4 is 59.5 Å². The van der Waals surface area contributed by atoms with Crippen molar-refractivity contribution in [1.29, 1.82) is 0 Å². The fourth-order valence-electron chi connectivity index (χ4n) is 6.56. The van der Waals surface area contributed by atoms with Crippen LogP contribution in [-0.2, 0) is 36.0 Å². The maximum absolute atomic E-state index is 13.7. The summed E-state index contributed by atoms with van der Waals surface area (Å²) < 4.78 is 29.9. The van der Waals surface area contributed by atoms with Gasteiger partial charge >= 0.3 is 0 Å². The normalized spacial score (nSPS) is 14.9. The van der Waals surface area contributed by atoms with Gasteiger partial charge in [-0.2, -0.15) is 0 Å². The Bertz CT molecular complexity index is 2180. The molecule has 4 heterocycles. The summed E-state index contributed by atoms with van der Waals surface area (Å²) in [6, 6.07) is 32.5. The number of nitrogens with zero attached hydrogens (tertiary/aromatic N) is 3. The molecule has 1 N–H and O–H groups in total. The van der Waals surface area contributed by atoms with E-state index < -0.39 is 10.0 Å². The molecule has 0 unspecified atom stereocenters. The van der Waals surface area contributed by atoms with Crippen LogP contribution in [0.1, 0.15) is 38.3 Å². The average molecular weight is 677 g/mol. The number of thiophene rings is 1. The number of carbonyl (C=O) groups excluding carboxylic acids is 1. The van der Waals surface area contributed by atoms with Gasteiger partial charge in [-0.3, -0.25) is 14.0 Å². The zero-order valence-corrected chi connectivity index (χ0v) is 28.0. The van der Waals surface area contributed by atoms with Crippen LogP contribution in [0.15, 0.2) is 108 Å². The number of nitrogens with one attached hydrogen (secondary N) is 1. The van der Waals surface area contributed by atoms with E-state index in [0.29, 0.717) is 12.1 Å². The van der Waals surface area contributed by atoms with E-state index in [0.717, 1.165) is 75.9 Å². The van der Waals surface area contributed by atoms with Crippen LogP contribution >= 0.6 is 22.7 Å². The predicted molar refractivity (Wildman–Crippen MR) is 191 cm³/mol. The molecule has 0 radical (unpaired) electrons. The number of carbonyl (C=O) groups is 1. The number of para-hydroxylation sites is 2. The van der Waals surface area contributed by atoms with E-state index in [1.165, 1.54) is 32.4 Å². The number of hydrogen-bond acceptors (Lipinski definition) is 7. The number of sulfonamides is 1. The molecule has 47 heavy (non-hydrogen) atoms. The number of hydrogen-bond donors (Lipinski definition) is 1. The fraction of sp³-hybridized carbons (Fsp3) is 0.189. The molecule has 0 saturated carbocycles. The number of benzene rings is 4. The Balaban J connectivity index is 1.08. The van der Waals surface area contributed by atoms with Crippen molar-refractivity contribution in [2.75, 3.05) is 22.7 Å². The van der Waals surface area contributed by atoms with E-state index in [2.05, 4.69) is 40.5 Å². The molecule has 0 atom stereocenters. The molecule has 6 aromatic rings. The zero-order valence-electron chi connectivity index (χ0n) is 25.6. The first-order chi connectivity index (χ1) is 22.9. The molecule has 0 fully saturated rings. The van der Waals surface area contributed by atoms with Gasteiger partial charge in [0, 0.05) is 42.2 Å². The van der Waals surface area contributed by atoms with Gasteiger partial charge < -0.3 is 5.32 Å². The van der Waals surface area contributed by atoms with E-state index in [4.69, 9.17) is 4.98 Å². The van der Waals surface area contributed by atoms with Crippen LogP contribution in [0.4, 0.5) is 10.7 Å². The van der Waals surface area contributed by atoms with Crippen molar-refractivity contribution in [3.05, 3.63) is 130 Å². The number of aromatic nitrogens is 1. The Labute approximate surface area is 282 Å². The van der Waals surface area contributed by atoms with E-state index >= 15 is 0 Å². The van der Waals surface area contributed by atoms with Gasteiger partial charge in [0.15, 0.2) is 0 Å². The van der Waals surface area contributed by atoms with E-state index in [1.807, 2.05) is 48.5 Å². The predicted octanol–water partition coefficient (Wildman–Crippen LogP) is 7.98. The van der Waals surface area contributed by atoms with Gasteiger partial charge in [-0.05, 0) is 78.4 Å². The van der Waals surface area contributed by atoms with E-state index in [1.54, 1.807) is 34.8 Å². The highest BCUT2D eigenvalue weighted by molar-refractivity contribution is 7.92. The molecule has 0 saturated heterocycles. The Morgan fingerprint density at radius 1 is 0.830 bits per heavy atom. The van der Waals surface area contributed by atoms with Crippen molar-refractivity contribution in [3.8, 4) is 10.6 Å². The second kappa shape index (κ2) is 12.4. The van der Waals surface area contributed by atoms with Gasteiger partial charge in [0.1, 0.15) is 10.0 Å². The maximum atomic E-state index is 13.7. The third-order valence-electron chi connectivity index (χ3n) is 8.89. The largest absolute Gasteiger partial charge is 0.313 e. The smallest absolute Gasteiger partial charge is 0.264 e. The lowest BCUT2D eigenvalue weighted by Crippen LogP contribution is -2.35. The van der Waals surface area contributed by atoms with Crippen molar-refractivity contribution in [2.45, 2.75) is 37.2 Å². The molecule has 1 amide bonds. The second-order valence-corrected chi connectivity index (χ2v) is 15.9. The highest BCUT2D eigenvalue weighted by Crippen LogP contribution is 2.46. The van der Waals surface area contributed by atoms with Crippen molar-refractivity contribution in [2.24, 2.45) is 0 Å². The highest BCUT2D eigenvalue weighted by Gasteiger charge is 2.30. The van der Waals surface area contributed by atoms with Crippen molar-refractivity contribution < 1.29 is 13.2 Å². The monoisotopic (exact) mass is 676 g/mol. The summed E-state index contributed by atoms with van der Waals surface area (Å²) >= 11 is 3.26. The number of rotatable bonds is 7. The summed E-state index contributed by atoms with van der Waals surface area (Å²) in [7, 11) is -3.77. The first-order valence-corrected chi connectivity index (χ1v) is 18.8. The van der Waals surface area contributed by atoms with E-state index in [9.17, 15) is 13.2 Å². The summed E-state index contributed by atoms with van der Waals surface area (Å²) in [5, 5.41) is 4.88. The molecule has 4 aromatic carbocycles. The molecule has 2 aromatic heterocycles. The quantitative estimate of drug-likeness (QED) is 0.186. The number of aryl methyl sites for hydroxylation is 1. The van der Waals surface area contributed by atoms with Gasteiger partial charge in [-0.15, -0.1) is 22.7 Å². The van der Waals surface area contributed by atoms with Crippen molar-refractivity contribution in [3.63, 3.8) is 0 Å². The summed E-state index contributed by atoms with van der Waals surface area (Å²) in [4.78, 5) is 22.6. The minimum absolute atomic E-state index is 0.172. The summed E-state index contributed by atoms with van der Waals surface area (Å²) in [6.07, 6.45) is 2.49. The van der Waals surface area contributed by atoms with Crippen LogP contribution in [0.5, 0.6) is 0 Å². The second-order valence-electron chi connectivity index (χ2n) is 11.9. The Morgan fingerprint density at radius 3 is 2.43 bits per heavy atom. The fourth-order valence-corrected chi connectivity index (χ4v) is 10.5. The third kappa shape index (κ3) is 5.76. The van der Waals surface area contributed by atoms with Crippen LogP contribution in [0.2, 0.25) is 0 Å². The minimum Gasteiger partial charge on any atom is -0.313 e. The molecule has 2 aliphatic heterocycles. The van der Waals surface area contributed by atoms with Crippen LogP contribution in [0, 0.1) is 0 Å². The summed E-state index contributed by atoms with van der Waals surface area (Å²) in [5.41, 5.74) is 6.63. The number of amides is 1. The summed E-state index contributed by atoms with van der Waals surface area (Å²) in [6.45, 7) is 3.02. The van der Waals surface area contributed by atoms with Crippen LogP contribution in [0.25, 0.3) is 20.8 Å². The Hall–Kier alpha value is -4.35. The van der Waals surface area contributed by atoms with Gasteiger partial charge in [0.2, 0.25) is 0 Å². The topological polar surface area (TPSA) is 82.6 Å². The summed E-state index contributed by atoms with van der Waals surface area (Å²) in [5.74, 6) is -0.278. The number of anilines is 2.